The van der Waals surface area contributed by atoms with Gasteiger partial charge in [0.15, 0.2) is 5.17 Å². The van der Waals surface area contributed by atoms with Gasteiger partial charge in [-0.2, -0.15) is 4.99 Å². The summed E-state index contributed by atoms with van der Waals surface area (Å²) < 4.78 is 0.974. The Hall–Kier alpha value is -1.73. The number of fused-ring (bicyclic) bond motifs is 1. The lowest BCUT2D eigenvalue weighted by Gasteiger charge is -2.17. The van der Waals surface area contributed by atoms with Crippen LogP contribution < -0.4 is 0 Å². The van der Waals surface area contributed by atoms with E-state index in [1.807, 2.05) is 17.9 Å². The minimum atomic E-state index is -0.939. The van der Waals surface area contributed by atoms with Crippen molar-refractivity contribution in [2.24, 2.45) is 4.99 Å². The zero-order valence-corrected chi connectivity index (χ0v) is 13.5. The predicted molar refractivity (Wildman–Crippen MR) is 87.9 cm³/mol. The number of aromatic carboxylic acids is 1. The first-order valence-corrected chi connectivity index (χ1v) is 8.47. The molecule has 1 aromatic carbocycles. The summed E-state index contributed by atoms with van der Waals surface area (Å²) in [5, 5.41) is 9.97. The summed E-state index contributed by atoms with van der Waals surface area (Å²) in [4.78, 5) is 29.8. The number of hydrogen-bond acceptors (Lipinski definition) is 5. The molecule has 0 bridgehead atoms. The number of carboxylic acid groups (broad SMARTS) is 1. The fourth-order valence-electron chi connectivity index (χ4n) is 2.29. The van der Waals surface area contributed by atoms with Gasteiger partial charge in [-0.3, -0.25) is 4.79 Å². The van der Waals surface area contributed by atoms with E-state index in [0.29, 0.717) is 16.5 Å². The fraction of sp³-hybridized carbons (Fsp3) is 0.267. The maximum atomic E-state index is 11.6. The predicted octanol–water partition coefficient (Wildman–Crippen LogP) is 3.39. The highest BCUT2D eigenvalue weighted by atomic mass is 32.2. The normalized spacial score (nSPS) is 18.1. The molecule has 1 N–H and O–H groups in total. The minimum absolute atomic E-state index is 0.0880. The average molecular weight is 334 g/mol. The Morgan fingerprint density at radius 3 is 2.95 bits per heavy atom. The highest BCUT2D eigenvalue weighted by Gasteiger charge is 2.30. The van der Waals surface area contributed by atoms with Gasteiger partial charge >= 0.3 is 5.97 Å². The molecular formula is C15H14N2O3S2. The van der Waals surface area contributed by atoms with Crippen molar-refractivity contribution in [3.63, 3.8) is 0 Å². The van der Waals surface area contributed by atoms with Crippen molar-refractivity contribution in [3.05, 3.63) is 39.8 Å². The molecule has 3 rings (SSSR count). The number of hydrogen-bond donors (Lipinski definition) is 1. The van der Waals surface area contributed by atoms with Crippen LogP contribution in [0.15, 0.2) is 44.1 Å². The molecule has 0 aliphatic carbocycles. The summed E-state index contributed by atoms with van der Waals surface area (Å²) in [5.74, 6) is -1.03. The van der Waals surface area contributed by atoms with E-state index in [0.717, 1.165) is 22.9 Å². The Kier molecular flexibility index (Phi) is 4.26. The summed E-state index contributed by atoms with van der Waals surface area (Å²) in [5.41, 5.74) is 1.32. The van der Waals surface area contributed by atoms with Crippen LogP contribution in [0.25, 0.3) is 0 Å². The third kappa shape index (κ3) is 2.91. The molecule has 1 aromatic rings. The van der Waals surface area contributed by atoms with Crippen LogP contribution in [0.3, 0.4) is 0 Å². The molecule has 0 radical (unpaired) electrons. The lowest BCUT2D eigenvalue weighted by atomic mass is 10.2. The van der Waals surface area contributed by atoms with Gasteiger partial charge < -0.3 is 10.0 Å². The van der Waals surface area contributed by atoms with E-state index in [-0.39, 0.29) is 11.5 Å². The molecule has 2 heterocycles. The lowest BCUT2D eigenvalue weighted by molar-refractivity contribution is -0.117. The van der Waals surface area contributed by atoms with E-state index in [2.05, 4.69) is 4.99 Å². The first-order chi connectivity index (χ1) is 10.6. The number of carbonyl (C=O) groups excluding carboxylic acids is 1. The quantitative estimate of drug-likeness (QED) is 0.914. The number of amides is 1. The van der Waals surface area contributed by atoms with E-state index < -0.39 is 5.97 Å². The molecule has 0 atom stereocenters. The van der Waals surface area contributed by atoms with Crippen molar-refractivity contribution in [1.82, 2.24) is 4.90 Å². The highest BCUT2D eigenvalue weighted by Crippen LogP contribution is 2.45. The van der Waals surface area contributed by atoms with E-state index in [4.69, 9.17) is 0 Å². The number of benzene rings is 1. The molecule has 0 saturated heterocycles. The van der Waals surface area contributed by atoms with Gasteiger partial charge in [-0.25, -0.2) is 4.79 Å². The van der Waals surface area contributed by atoms with Crippen molar-refractivity contribution in [3.8, 4) is 0 Å². The summed E-state index contributed by atoms with van der Waals surface area (Å²) in [6.45, 7) is 2.76. The van der Waals surface area contributed by atoms with E-state index in [1.54, 1.807) is 18.2 Å². The molecular weight excluding hydrogens is 320 g/mol. The summed E-state index contributed by atoms with van der Waals surface area (Å²) in [7, 11) is 0. The molecule has 0 aromatic heterocycles. The van der Waals surface area contributed by atoms with Gasteiger partial charge in [-0.1, -0.05) is 23.9 Å². The second kappa shape index (κ2) is 6.18. The second-order valence-electron chi connectivity index (χ2n) is 4.92. The minimum Gasteiger partial charge on any atom is -0.478 e. The van der Waals surface area contributed by atoms with Crippen molar-refractivity contribution in [1.29, 1.82) is 0 Å². The third-order valence-electron chi connectivity index (χ3n) is 3.43. The van der Waals surface area contributed by atoms with Gasteiger partial charge in [0.2, 0.25) is 5.91 Å². The van der Waals surface area contributed by atoms with Crippen molar-refractivity contribution < 1.29 is 14.7 Å². The topological polar surface area (TPSA) is 70.0 Å². The number of carboxylic acids is 1. The lowest BCUT2D eigenvalue weighted by Crippen LogP contribution is -2.22. The van der Waals surface area contributed by atoms with E-state index in [9.17, 15) is 14.7 Å². The van der Waals surface area contributed by atoms with Crippen LogP contribution >= 0.6 is 23.5 Å². The smallest absolute Gasteiger partial charge is 0.336 e. The van der Waals surface area contributed by atoms with Gasteiger partial charge in [0.1, 0.15) is 0 Å². The van der Waals surface area contributed by atoms with Crippen LogP contribution in [-0.2, 0) is 4.79 Å². The maximum absolute atomic E-state index is 11.6. The number of carbonyl (C=O) groups is 2. The van der Waals surface area contributed by atoms with Crippen LogP contribution in [0.4, 0.5) is 0 Å². The zero-order chi connectivity index (χ0) is 15.7. The standard InChI is InChI=1S/C15H14N2O3S2/c1-9-14(21-11-6-3-2-5-10(11)13(19)20)22-15-16-12(18)7-4-8-17(9)15/h2-3,5-6H,4,7-8H2,1H3,(H,19,20). The number of nitrogens with zero attached hydrogens (tertiary/aromatic N) is 2. The molecule has 0 saturated carbocycles. The van der Waals surface area contributed by atoms with Crippen molar-refractivity contribution in [2.75, 3.05) is 6.54 Å². The van der Waals surface area contributed by atoms with Gasteiger partial charge in [0.25, 0.3) is 0 Å². The summed E-state index contributed by atoms with van der Waals surface area (Å²) in [6, 6.07) is 6.93. The van der Waals surface area contributed by atoms with Crippen LogP contribution in [0.1, 0.15) is 30.1 Å². The van der Waals surface area contributed by atoms with Crippen molar-refractivity contribution >= 4 is 40.6 Å². The monoisotopic (exact) mass is 334 g/mol. The second-order valence-corrected chi connectivity index (χ2v) is 7.21. The molecule has 1 amide bonds. The summed E-state index contributed by atoms with van der Waals surface area (Å²) >= 11 is 2.86. The zero-order valence-electron chi connectivity index (χ0n) is 11.9. The van der Waals surface area contributed by atoms with Crippen molar-refractivity contribution in [2.45, 2.75) is 24.7 Å². The van der Waals surface area contributed by atoms with Gasteiger partial charge in [-0.15, -0.1) is 0 Å². The van der Waals surface area contributed by atoms with E-state index >= 15 is 0 Å². The number of allylic oxidation sites excluding steroid dienone is 1. The molecule has 0 spiro atoms. The third-order valence-corrected chi connectivity index (χ3v) is 5.96. The fourth-order valence-corrected chi connectivity index (χ4v) is 4.73. The Morgan fingerprint density at radius 1 is 1.41 bits per heavy atom. The number of amidine groups is 1. The van der Waals surface area contributed by atoms with Crippen LogP contribution in [0.2, 0.25) is 0 Å². The molecule has 2 aliphatic rings. The van der Waals surface area contributed by atoms with E-state index in [1.165, 1.54) is 23.5 Å². The molecule has 7 heteroatoms. The first kappa shape index (κ1) is 15.2. The molecule has 0 fully saturated rings. The maximum Gasteiger partial charge on any atom is 0.336 e. The van der Waals surface area contributed by atoms with Crippen LogP contribution in [0.5, 0.6) is 0 Å². The number of rotatable bonds is 3. The Morgan fingerprint density at radius 2 is 2.18 bits per heavy atom. The van der Waals surface area contributed by atoms with Gasteiger partial charge in [-0.05, 0) is 37.2 Å². The van der Waals surface area contributed by atoms with Gasteiger partial charge in [0.05, 0.1) is 9.80 Å². The Labute approximate surface area is 136 Å². The average Bonchev–Trinajstić information content (AvgIpc) is 2.66. The van der Waals surface area contributed by atoms with Gasteiger partial charge in [0, 0.05) is 23.6 Å². The SMILES string of the molecule is CC1=C(Sc2ccccc2C(=O)O)SC2=NC(=O)CCCN21. The van der Waals surface area contributed by atoms with Crippen LogP contribution in [0, 0.1) is 0 Å². The number of thioether (sulfide) groups is 2. The molecule has 5 nitrogen and oxygen atoms in total. The Bertz CT molecular complexity index is 712. The molecule has 114 valence electrons. The first-order valence-electron chi connectivity index (χ1n) is 6.84. The molecule has 22 heavy (non-hydrogen) atoms. The molecule has 2 aliphatic heterocycles. The largest absolute Gasteiger partial charge is 0.478 e. The summed E-state index contributed by atoms with van der Waals surface area (Å²) in [6.07, 6.45) is 1.27. The molecule has 0 unspecified atom stereocenters. The Balaban J connectivity index is 1.89. The number of aliphatic imine (C=N–C) groups is 1. The van der Waals surface area contributed by atoms with Crippen LogP contribution in [-0.4, -0.2) is 33.6 Å². The highest BCUT2D eigenvalue weighted by molar-refractivity contribution is 8.30.